The molecule has 0 saturated heterocycles. The third-order valence-corrected chi connectivity index (χ3v) is 5.90. The van der Waals surface area contributed by atoms with Gasteiger partial charge >= 0.3 is 0 Å². The van der Waals surface area contributed by atoms with Crippen LogP contribution < -0.4 is 14.4 Å². The van der Waals surface area contributed by atoms with Crippen LogP contribution in [0.25, 0.3) is 0 Å². The predicted molar refractivity (Wildman–Crippen MR) is 93.8 cm³/mol. The topological polar surface area (TPSA) is 72.9 Å². The van der Waals surface area contributed by atoms with E-state index in [-0.39, 0.29) is 35.5 Å². The maximum absolute atomic E-state index is 13.9. The van der Waals surface area contributed by atoms with E-state index in [4.69, 9.17) is 9.47 Å². The van der Waals surface area contributed by atoms with E-state index >= 15 is 0 Å². The Hall–Kier alpha value is -2.61. The second-order valence-electron chi connectivity index (χ2n) is 5.77. The van der Waals surface area contributed by atoms with E-state index in [1.807, 2.05) is 0 Å². The molecular weight excluding hydrogens is 361 g/mol. The zero-order chi connectivity index (χ0) is 18.9. The highest BCUT2D eigenvalue weighted by Gasteiger charge is 2.27. The van der Waals surface area contributed by atoms with Gasteiger partial charge in [0.2, 0.25) is 0 Å². The van der Waals surface area contributed by atoms with Crippen molar-refractivity contribution in [1.29, 1.82) is 0 Å². The van der Waals surface area contributed by atoms with Crippen LogP contribution in [-0.2, 0) is 21.2 Å². The van der Waals surface area contributed by atoms with Crippen LogP contribution in [0, 0.1) is 5.82 Å². The summed E-state index contributed by atoms with van der Waals surface area (Å²) >= 11 is 0. The molecule has 0 atom stereocenters. The van der Waals surface area contributed by atoms with Crippen molar-refractivity contribution in [3.8, 4) is 11.5 Å². The number of halogens is 1. The summed E-state index contributed by atoms with van der Waals surface area (Å²) < 4.78 is 48.5. The number of hydrogen-bond donors (Lipinski definition) is 0. The summed E-state index contributed by atoms with van der Waals surface area (Å²) in [5, 5.41) is 0. The molecule has 1 aliphatic heterocycles. The lowest BCUT2D eigenvalue weighted by molar-refractivity contribution is -0.121. The molecule has 1 amide bonds. The molecule has 0 aliphatic carbocycles. The molecular formula is C18H18FNO5S. The molecule has 0 aromatic heterocycles. The molecule has 26 heavy (non-hydrogen) atoms. The molecule has 0 spiro atoms. The molecule has 1 heterocycles. The third-order valence-electron chi connectivity index (χ3n) is 4.17. The van der Waals surface area contributed by atoms with E-state index in [2.05, 4.69) is 0 Å². The van der Waals surface area contributed by atoms with E-state index in [1.54, 1.807) is 13.0 Å². The number of sulfone groups is 1. The van der Waals surface area contributed by atoms with E-state index in [9.17, 15) is 17.6 Å². The Morgan fingerprint density at radius 1 is 1.23 bits per heavy atom. The fraction of sp³-hybridized carbons (Fsp3) is 0.278. The fourth-order valence-corrected chi connectivity index (χ4v) is 3.61. The summed E-state index contributed by atoms with van der Waals surface area (Å²) in [4.78, 5) is 13.8. The lowest BCUT2D eigenvalue weighted by Crippen LogP contribution is -2.38. The molecule has 2 aromatic carbocycles. The van der Waals surface area contributed by atoms with Crippen LogP contribution in [0.4, 0.5) is 10.1 Å². The van der Waals surface area contributed by atoms with Crippen molar-refractivity contribution in [2.75, 3.05) is 24.4 Å². The van der Waals surface area contributed by atoms with Gasteiger partial charge < -0.3 is 14.4 Å². The van der Waals surface area contributed by atoms with Gasteiger partial charge in [0.05, 0.1) is 30.0 Å². The summed E-state index contributed by atoms with van der Waals surface area (Å²) in [6.45, 7) is 1.48. The third kappa shape index (κ3) is 3.37. The van der Waals surface area contributed by atoms with E-state index in [0.717, 1.165) is 0 Å². The molecule has 2 aromatic rings. The summed E-state index contributed by atoms with van der Waals surface area (Å²) in [5.41, 5.74) is 0.903. The van der Waals surface area contributed by atoms with Crippen molar-refractivity contribution in [2.45, 2.75) is 18.4 Å². The number of anilines is 1. The molecule has 1 aliphatic rings. The van der Waals surface area contributed by atoms with Crippen LogP contribution in [0.5, 0.6) is 11.5 Å². The summed E-state index contributed by atoms with van der Waals surface area (Å²) in [7, 11) is -2.06. The van der Waals surface area contributed by atoms with Crippen LogP contribution in [0.3, 0.4) is 0 Å². The van der Waals surface area contributed by atoms with Gasteiger partial charge in [-0.25, -0.2) is 12.8 Å². The van der Waals surface area contributed by atoms with Gasteiger partial charge in [-0.2, -0.15) is 0 Å². The Kier molecular flexibility index (Phi) is 4.86. The van der Waals surface area contributed by atoms with Crippen molar-refractivity contribution >= 4 is 21.4 Å². The number of carbonyl (C=O) groups is 1. The van der Waals surface area contributed by atoms with Crippen molar-refractivity contribution in [3.63, 3.8) is 0 Å². The number of fused-ring (bicyclic) bond motifs is 1. The Morgan fingerprint density at radius 3 is 2.65 bits per heavy atom. The minimum atomic E-state index is -3.43. The average Bonchev–Trinajstić information content (AvgIpc) is 2.64. The number of methoxy groups -OCH3 is 1. The number of nitrogens with zero attached hydrogens (tertiary/aromatic N) is 1. The first-order valence-corrected chi connectivity index (χ1v) is 9.63. The molecule has 3 rings (SSSR count). The zero-order valence-electron chi connectivity index (χ0n) is 14.4. The van der Waals surface area contributed by atoms with Crippen molar-refractivity contribution in [2.24, 2.45) is 0 Å². The van der Waals surface area contributed by atoms with Crippen molar-refractivity contribution < 1.29 is 27.1 Å². The first-order valence-electron chi connectivity index (χ1n) is 7.98. The molecule has 0 fully saturated rings. The van der Waals surface area contributed by atoms with Crippen LogP contribution >= 0.6 is 0 Å². The minimum absolute atomic E-state index is 0.0513. The molecule has 138 valence electrons. The predicted octanol–water partition coefficient (Wildman–Crippen LogP) is 2.55. The Morgan fingerprint density at radius 2 is 2.00 bits per heavy atom. The van der Waals surface area contributed by atoms with Crippen LogP contribution in [-0.4, -0.2) is 33.8 Å². The lowest BCUT2D eigenvalue weighted by Gasteiger charge is -2.30. The van der Waals surface area contributed by atoms with Crippen molar-refractivity contribution in [3.05, 3.63) is 47.8 Å². The van der Waals surface area contributed by atoms with E-state index in [0.29, 0.717) is 17.0 Å². The maximum Gasteiger partial charge on any atom is 0.265 e. The summed E-state index contributed by atoms with van der Waals surface area (Å²) in [5.74, 6) is -0.398. The highest BCUT2D eigenvalue weighted by molar-refractivity contribution is 7.91. The van der Waals surface area contributed by atoms with Crippen LogP contribution in [0.1, 0.15) is 12.5 Å². The Balaban J connectivity index is 2.00. The molecule has 6 nitrogen and oxygen atoms in total. The standard InChI is InChI=1S/C18H18FNO5S/c1-3-26(22,23)13-5-7-17-15(9-13)20(18(21)11-25-17)10-12-4-6-16(24-2)14(19)8-12/h4-9H,3,10-11H2,1-2H3. The lowest BCUT2D eigenvalue weighted by atomic mass is 10.1. The number of carbonyl (C=O) groups excluding carboxylic acids is 1. The quantitative estimate of drug-likeness (QED) is 0.798. The van der Waals surface area contributed by atoms with Gasteiger partial charge in [-0.1, -0.05) is 13.0 Å². The number of rotatable bonds is 5. The van der Waals surface area contributed by atoms with E-state index < -0.39 is 15.7 Å². The van der Waals surface area contributed by atoms with Gasteiger partial charge in [-0.05, 0) is 35.9 Å². The van der Waals surface area contributed by atoms with Gasteiger partial charge in [0.25, 0.3) is 5.91 Å². The fourth-order valence-electron chi connectivity index (χ4n) is 2.71. The molecule has 0 unspecified atom stereocenters. The molecule has 0 bridgehead atoms. The van der Waals surface area contributed by atoms with Crippen molar-refractivity contribution in [1.82, 2.24) is 0 Å². The Labute approximate surface area is 151 Å². The molecule has 0 N–H and O–H groups in total. The highest BCUT2D eigenvalue weighted by atomic mass is 32.2. The molecule has 8 heteroatoms. The summed E-state index contributed by atoms with van der Waals surface area (Å²) in [6.07, 6.45) is 0. The second kappa shape index (κ2) is 6.95. The van der Waals surface area contributed by atoms with Gasteiger partial charge in [0, 0.05) is 0 Å². The van der Waals surface area contributed by atoms with Crippen LogP contribution in [0.15, 0.2) is 41.3 Å². The number of amides is 1. The smallest absolute Gasteiger partial charge is 0.265 e. The SMILES string of the molecule is CCS(=O)(=O)c1ccc2c(c1)N(Cc1ccc(OC)c(F)c1)C(=O)CO2. The molecule has 0 radical (unpaired) electrons. The van der Waals surface area contributed by atoms with Gasteiger partial charge in [0.15, 0.2) is 28.0 Å². The first-order chi connectivity index (χ1) is 12.4. The second-order valence-corrected chi connectivity index (χ2v) is 8.05. The van der Waals surface area contributed by atoms with Gasteiger partial charge in [-0.3, -0.25) is 4.79 Å². The first kappa shape index (κ1) is 18.2. The van der Waals surface area contributed by atoms with E-state index in [1.165, 1.54) is 42.3 Å². The zero-order valence-corrected chi connectivity index (χ0v) is 15.2. The maximum atomic E-state index is 13.9. The van der Waals surface area contributed by atoms with Gasteiger partial charge in [-0.15, -0.1) is 0 Å². The largest absolute Gasteiger partial charge is 0.494 e. The monoisotopic (exact) mass is 379 g/mol. The Bertz CT molecular complexity index is 958. The summed E-state index contributed by atoms with van der Waals surface area (Å²) in [6, 6.07) is 8.83. The average molecular weight is 379 g/mol. The number of benzene rings is 2. The van der Waals surface area contributed by atoms with Gasteiger partial charge in [0.1, 0.15) is 5.75 Å². The number of ether oxygens (including phenoxy) is 2. The minimum Gasteiger partial charge on any atom is -0.494 e. The van der Waals surface area contributed by atoms with Crippen LogP contribution in [0.2, 0.25) is 0 Å². The highest BCUT2D eigenvalue weighted by Crippen LogP contribution is 2.35. The molecule has 0 saturated carbocycles. The normalized spacial score (nSPS) is 14.0. The number of hydrogen-bond acceptors (Lipinski definition) is 5.